The van der Waals surface area contributed by atoms with Crippen molar-refractivity contribution < 1.29 is 0 Å². The van der Waals surface area contributed by atoms with Crippen molar-refractivity contribution in [1.29, 1.82) is 0 Å². The molecule has 0 amide bonds. The normalized spacial score (nSPS) is 9.80. The van der Waals surface area contributed by atoms with Gasteiger partial charge in [0.1, 0.15) is 0 Å². The van der Waals surface area contributed by atoms with Gasteiger partial charge in [0, 0.05) is 10.1 Å². The standard InChI is InChI=1S/C7H13ClS2/c1-2-7(9)10-6-4-3-5-8/h2-6H2,1H3. The predicted octanol–water partition coefficient (Wildman–Crippen LogP) is 3.48. The van der Waals surface area contributed by atoms with Gasteiger partial charge in [-0.15, -0.1) is 23.4 Å². The van der Waals surface area contributed by atoms with Crippen LogP contribution < -0.4 is 0 Å². The molecule has 0 spiro atoms. The summed E-state index contributed by atoms with van der Waals surface area (Å²) in [6, 6.07) is 0. The summed E-state index contributed by atoms with van der Waals surface area (Å²) in [6.07, 6.45) is 3.32. The van der Waals surface area contributed by atoms with E-state index in [4.69, 9.17) is 23.8 Å². The van der Waals surface area contributed by atoms with Gasteiger partial charge in [-0.3, -0.25) is 0 Å². The van der Waals surface area contributed by atoms with Crippen LogP contribution in [0.2, 0.25) is 0 Å². The van der Waals surface area contributed by atoms with Crippen LogP contribution in [0.4, 0.5) is 0 Å². The molecule has 0 fully saturated rings. The Morgan fingerprint density at radius 1 is 1.50 bits per heavy atom. The van der Waals surface area contributed by atoms with E-state index >= 15 is 0 Å². The van der Waals surface area contributed by atoms with Gasteiger partial charge in [0.2, 0.25) is 0 Å². The summed E-state index contributed by atoms with van der Waals surface area (Å²) >= 11 is 12.3. The third kappa shape index (κ3) is 6.84. The van der Waals surface area contributed by atoms with E-state index in [1.807, 2.05) is 0 Å². The Bertz CT molecular complexity index is 93.6. The minimum Gasteiger partial charge on any atom is -0.127 e. The molecule has 0 aliphatic carbocycles. The lowest BCUT2D eigenvalue weighted by atomic mass is 10.4. The van der Waals surface area contributed by atoms with E-state index in [9.17, 15) is 0 Å². The highest BCUT2D eigenvalue weighted by Gasteiger charge is 1.92. The molecule has 0 aromatic rings. The average molecular weight is 197 g/mol. The first kappa shape index (κ1) is 10.7. The van der Waals surface area contributed by atoms with Crippen molar-refractivity contribution in [3.05, 3.63) is 0 Å². The fourth-order valence-electron chi connectivity index (χ4n) is 0.485. The van der Waals surface area contributed by atoms with Crippen LogP contribution in [0.3, 0.4) is 0 Å². The summed E-state index contributed by atoms with van der Waals surface area (Å²) in [4.78, 5) is 0. The van der Waals surface area contributed by atoms with E-state index in [0.717, 1.165) is 28.7 Å². The summed E-state index contributed by atoms with van der Waals surface area (Å²) in [7, 11) is 0. The average Bonchev–Trinajstić information content (AvgIpc) is 1.98. The Kier molecular flexibility index (Phi) is 8.40. The number of hydrogen-bond donors (Lipinski definition) is 0. The summed E-state index contributed by atoms with van der Waals surface area (Å²) in [5, 5.41) is 0. The van der Waals surface area contributed by atoms with Crippen LogP contribution in [0.25, 0.3) is 0 Å². The minimum atomic E-state index is 0.777. The number of alkyl halides is 1. The number of thioether (sulfide) groups is 1. The Balaban J connectivity index is 2.96. The Labute approximate surface area is 77.7 Å². The van der Waals surface area contributed by atoms with Gasteiger partial charge in [0.05, 0.1) is 0 Å². The monoisotopic (exact) mass is 196 g/mol. The molecular formula is C7H13ClS2. The van der Waals surface area contributed by atoms with Gasteiger partial charge in [0.15, 0.2) is 0 Å². The van der Waals surface area contributed by atoms with E-state index in [2.05, 4.69) is 6.92 Å². The van der Waals surface area contributed by atoms with Crippen molar-refractivity contribution in [3.8, 4) is 0 Å². The molecule has 10 heavy (non-hydrogen) atoms. The van der Waals surface area contributed by atoms with Gasteiger partial charge in [0.25, 0.3) is 0 Å². The molecule has 0 nitrogen and oxygen atoms in total. The Morgan fingerprint density at radius 2 is 2.20 bits per heavy atom. The molecule has 0 saturated heterocycles. The van der Waals surface area contributed by atoms with Crippen molar-refractivity contribution in [1.82, 2.24) is 0 Å². The van der Waals surface area contributed by atoms with Gasteiger partial charge < -0.3 is 0 Å². The second kappa shape index (κ2) is 7.83. The van der Waals surface area contributed by atoms with Crippen molar-refractivity contribution in [3.63, 3.8) is 0 Å². The molecule has 0 radical (unpaired) electrons. The topological polar surface area (TPSA) is 0 Å². The van der Waals surface area contributed by atoms with Crippen LogP contribution >= 0.6 is 35.6 Å². The van der Waals surface area contributed by atoms with E-state index in [1.54, 1.807) is 11.8 Å². The maximum Gasteiger partial charge on any atom is 0.0475 e. The zero-order valence-electron chi connectivity index (χ0n) is 6.23. The quantitative estimate of drug-likeness (QED) is 0.375. The molecule has 0 aliphatic rings. The zero-order chi connectivity index (χ0) is 7.82. The molecule has 0 bridgehead atoms. The van der Waals surface area contributed by atoms with Crippen molar-refractivity contribution in [2.75, 3.05) is 11.6 Å². The zero-order valence-corrected chi connectivity index (χ0v) is 8.62. The lowest BCUT2D eigenvalue weighted by molar-refractivity contribution is 0.905. The molecule has 0 aromatic heterocycles. The molecule has 0 saturated carbocycles. The van der Waals surface area contributed by atoms with Gasteiger partial charge in [-0.2, -0.15) is 0 Å². The fraction of sp³-hybridized carbons (Fsp3) is 0.857. The molecule has 0 heterocycles. The Hall–Kier alpha value is 0.730. The van der Waals surface area contributed by atoms with Gasteiger partial charge in [-0.05, 0) is 25.0 Å². The minimum absolute atomic E-state index is 0.777. The first-order valence-electron chi connectivity index (χ1n) is 3.52. The molecule has 0 aromatic carbocycles. The summed E-state index contributed by atoms with van der Waals surface area (Å²) in [6.45, 7) is 2.09. The van der Waals surface area contributed by atoms with Crippen molar-refractivity contribution in [2.24, 2.45) is 0 Å². The molecule has 60 valence electrons. The SMILES string of the molecule is CCC(=S)SCCCCCl. The van der Waals surface area contributed by atoms with Crippen LogP contribution in [0, 0.1) is 0 Å². The smallest absolute Gasteiger partial charge is 0.0475 e. The maximum atomic E-state index is 5.51. The second-order valence-corrected chi connectivity index (χ2v) is 4.29. The van der Waals surface area contributed by atoms with Gasteiger partial charge in [-0.25, -0.2) is 0 Å². The highest BCUT2D eigenvalue weighted by molar-refractivity contribution is 8.23. The maximum absolute atomic E-state index is 5.51. The van der Waals surface area contributed by atoms with Crippen LogP contribution in [-0.2, 0) is 0 Å². The molecular weight excluding hydrogens is 184 g/mol. The number of rotatable bonds is 5. The molecule has 0 aliphatic heterocycles. The van der Waals surface area contributed by atoms with E-state index in [0.29, 0.717) is 0 Å². The van der Waals surface area contributed by atoms with Crippen molar-refractivity contribution >= 4 is 39.8 Å². The molecule has 0 atom stereocenters. The molecule has 3 heteroatoms. The summed E-state index contributed by atoms with van der Waals surface area (Å²) in [5.41, 5.74) is 0. The van der Waals surface area contributed by atoms with E-state index in [1.165, 1.54) is 6.42 Å². The number of hydrogen-bond acceptors (Lipinski definition) is 2. The van der Waals surface area contributed by atoms with E-state index < -0.39 is 0 Å². The third-order valence-corrected chi connectivity index (χ3v) is 3.09. The molecule has 0 rings (SSSR count). The highest BCUT2D eigenvalue weighted by atomic mass is 35.5. The third-order valence-electron chi connectivity index (χ3n) is 1.08. The van der Waals surface area contributed by atoms with Crippen LogP contribution in [0.1, 0.15) is 26.2 Å². The summed E-state index contributed by atoms with van der Waals surface area (Å²) < 4.78 is 1.12. The van der Waals surface area contributed by atoms with Crippen LogP contribution in [0.15, 0.2) is 0 Å². The molecule has 0 unspecified atom stereocenters. The van der Waals surface area contributed by atoms with Crippen molar-refractivity contribution in [2.45, 2.75) is 26.2 Å². The van der Waals surface area contributed by atoms with E-state index in [-0.39, 0.29) is 0 Å². The highest BCUT2D eigenvalue weighted by Crippen LogP contribution is 2.10. The van der Waals surface area contributed by atoms with Crippen LogP contribution in [0.5, 0.6) is 0 Å². The van der Waals surface area contributed by atoms with Gasteiger partial charge >= 0.3 is 0 Å². The van der Waals surface area contributed by atoms with Crippen LogP contribution in [-0.4, -0.2) is 15.8 Å². The first-order valence-corrected chi connectivity index (χ1v) is 5.45. The Morgan fingerprint density at radius 3 is 2.70 bits per heavy atom. The number of unbranched alkanes of at least 4 members (excludes halogenated alkanes) is 1. The number of thiocarbonyl (C=S) groups is 1. The lowest BCUT2D eigenvalue weighted by Gasteiger charge is -1.97. The largest absolute Gasteiger partial charge is 0.127 e. The fourth-order valence-corrected chi connectivity index (χ4v) is 1.70. The predicted molar refractivity (Wildman–Crippen MR) is 55.3 cm³/mol. The lowest BCUT2D eigenvalue weighted by Crippen LogP contribution is -1.87. The number of halogens is 1. The summed E-state index contributed by atoms with van der Waals surface area (Å²) in [5.74, 6) is 1.92. The second-order valence-electron chi connectivity index (χ2n) is 1.97. The first-order chi connectivity index (χ1) is 4.81. The van der Waals surface area contributed by atoms with Gasteiger partial charge in [-0.1, -0.05) is 19.1 Å². The molecule has 0 N–H and O–H groups in total.